The molecule has 0 bridgehead atoms. The number of rotatable bonds is 9. The predicted molar refractivity (Wildman–Crippen MR) is 104 cm³/mol. The molecule has 2 N–H and O–H groups in total. The molecule has 0 fully saturated rings. The fraction of sp³-hybridized carbons (Fsp3) is 0.381. The smallest absolute Gasteiger partial charge is 0.314 e. The molecule has 2 aromatic rings. The Morgan fingerprint density at radius 2 is 1.81 bits per heavy atom. The molecule has 0 saturated carbocycles. The average Bonchev–Trinajstić information content (AvgIpc) is 2.65. The highest BCUT2D eigenvalue weighted by atomic mass is 16.5. The van der Waals surface area contributed by atoms with E-state index in [0.29, 0.717) is 25.6 Å². The van der Waals surface area contributed by atoms with Crippen LogP contribution in [0.5, 0.6) is 11.5 Å². The van der Waals surface area contributed by atoms with Crippen molar-refractivity contribution >= 4 is 6.03 Å². The number of methoxy groups -OCH3 is 1. The summed E-state index contributed by atoms with van der Waals surface area (Å²) in [5.74, 6) is 2.10. The van der Waals surface area contributed by atoms with Crippen molar-refractivity contribution < 1.29 is 14.3 Å². The van der Waals surface area contributed by atoms with Crippen LogP contribution in [0.2, 0.25) is 0 Å². The van der Waals surface area contributed by atoms with E-state index in [-0.39, 0.29) is 6.03 Å². The van der Waals surface area contributed by atoms with Crippen LogP contribution in [0.25, 0.3) is 0 Å². The summed E-state index contributed by atoms with van der Waals surface area (Å²) < 4.78 is 11.0. The maximum Gasteiger partial charge on any atom is 0.314 e. The summed E-state index contributed by atoms with van der Waals surface area (Å²) in [5, 5.41) is 5.66. The second kappa shape index (κ2) is 10.3. The summed E-state index contributed by atoms with van der Waals surface area (Å²) in [6.45, 7) is 5.73. The zero-order valence-electron chi connectivity index (χ0n) is 15.7. The predicted octanol–water partition coefficient (Wildman–Crippen LogP) is 3.74. The summed E-state index contributed by atoms with van der Waals surface area (Å²) in [5.41, 5.74) is 2.30. The zero-order chi connectivity index (χ0) is 18.8. The van der Waals surface area contributed by atoms with E-state index in [0.717, 1.165) is 23.5 Å². The summed E-state index contributed by atoms with van der Waals surface area (Å²) in [6.07, 6.45) is 0.753. The molecule has 0 aliphatic carbocycles. The van der Waals surface area contributed by atoms with Gasteiger partial charge in [-0.1, -0.05) is 44.2 Å². The van der Waals surface area contributed by atoms with Gasteiger partial charge in [0.25, 0.3) is 0 Å². The molecular formula is C21H28N2O3. The van der Waals surface area contributed by atoms with E-state index in [1.807, 2.05) is 42.5 Å². The van der Waals surface area contributed by atoms with Crippen LogP contribution in [-0.2, 0) is 6.42 Å². The van der Waals surface area contributed by atoms with Gasteiger partial charge in [-0.3, -0.25) is 0 Å². The SMILES string of the molecule is COc1cccc(CCNC(=O)NCCOc2ccccc2C(C)C)c1. The number of para-hydroxylation sites is 1. The third-order valence-corrected chi connectivity index (χ3v) is 4.02. The average molecular weight is 356 g/mol. The van der Waals surface area contributed by atoms with Gasteiger partial charge in [-0.25, -0.2) is 4.79 Å². The highest BCUT2D eigenvalue weighted by Gasteiger charge is 2.07. The van der Waals surface area contributed by atoms with Gasteiger partial charge in [0.2, 0.25) is 0 Å². The third kappa shape index (κ3) is 6.31. The van der Waals surface area contributed by atoms with Crippen molar-refractivity contribution in [2.45, 2.75) is 26.2 Å². The Bertz CT molecular complexity index is 701. The summed E-state index contributed by atoms with van der Waals surface area (Å²) in [7, 11) is 1.65. The minimum absolute atomic E-state index is 0.186. The molecule has 140 valence electrons. The van der Waals surface area contributed by atoms with Crippen LogP contribution >= 0.6 is 0 Å². The third-order valence-electron chi connectivity index (χ3n) is 4.02. The van der Waals surface area contributed by atoms with Gasteiger partial charge in [0.05, 0.1) is 13.7 Å². The van der Waals surface area contributed by atoms with Crippen LogP contribution in [0, 0.1) is 0 Å². The maximum absolute atomic E-state index is 11.8. The molecule has 0 aliphatic rings. The number of nitrogens with one attached hydrogen (secondary N) is 2. The molecule has 2 aromatic carbocycles. The van der Waals surface area contributed by atoms with Crippen molar-refractivity contribution in [2.75, 3.05) is 26.8 Å². The van der Waals surface area contributed by atoms with Gasteiger partial charge in [-0.05, 0) is 41.7 Å². The Labute approximate surface area is 155 Å². The Hall–Kier alpha value is -2.69. The van der Waals surface area contributed by atoms with Gasteiger partial charge < -0.3 is 20.1 Å². The first kappa shape index (κ1) is 19.6. The van der Waals surface area contributed by atoms with Crippen LogP contribution < -0.4 is 20.1 Å². The molecule has 5 heteroatoms. The molecule has 0 aliphatic heterocycles. The number of benzene rings is 2. The first-order valence-electron chi connectivity index (χ1n) is 8.96. The van der Waals surface area contributed by atoms with E-state index in [4.69, 9.17) is 9.47 Å². The molecule has 26 heavy (non-hydrogen) atoms. The first-order chi connectivity index (χ1) is 12.6. The molecule has 0 aromatic heterocycles. The first-order valence-corrected chi connectivity index (χ1v) is 8.96. The lowest BCUT2D eigenvalue weighted by atomic mass is 10.0. The van der Waals surface area contributed by atoms with E-state index in [1.165, 1.54) is 5.56 Å². The number of amides is 2. The highest BCUT2D eigenvalue weighted by Crippen LogP contribution is 2.25. The number of urea groups is 1. The summed E-state index contributed by atoms with van der Waals surface area (Å²) in [4.78, 5) is 11.8. The van der Waals surface area contributed by atoms with Crippen LogP contribution in [0.1, 0.15) is 30.9 Å². The van der Waals surface area contributed by atoms with Crippen LogP contribution in [0.3, 0.4) is 0 Å². The lowest BCUT2D eigenvalue weighted by Crippen LogP contribution is -2.38. The van der Waals surface area contributed by atoms with Crippen LogP contribution in [0.15, 0.2) is 48.5 Å². The minimum Gasteiger partial charge on any atom is -0.497 e. The second-order valence-corrected chi connectivity index (χ2v) is 6.33. The van der Waals surface area contributed by atoms with Crippen LogP contribution in [-0.4, -0.2) is 32.8 Å². The number of hydrogen-bond donors (Lipinski definition) is 2. The van der Waals surface area contributed by atoms with E-state index in [9.17, 15) is 4.79 Å². The molecule has 0 unspecified atom stereocenters. The molecule has 0 spiro atoms. The van der Waals surface area contributed by atoms with E-state index < -0.39 is 0 Å². The molecule has 0 radical (unpaired) electrons. The monoisotopic (exact) mass is 356 g/mol. The van der Waals surface area contributed by atoms with Gasteiger partial charge in [0.1, 0.15) is 18.1 Å². The van der Waals surface area contributed by atoms with Crippen molar-refractivity contribution in [1.29, 1.82) is 0 Å². The number of carbonyl (C=O) groups is 1. The standard InChI is InChI=1S/C21H28N2O3/c1-16(2)19-9-4-5-10-20(19)26-14-13-23-21(24)22-12-11-17-7-6-8-18(15-17)25-3/h4-10,15-16H,11-14H2,1-3H3,(H2,22,23,24). The van der Waals surface area contributed by atoms with Crippen LogP contribution in [0.4, 0.5) is 4.79 Å². The van der Waals surface area contributed by atoms with E-state index in [2.05, 4.69) is 30.5 Å². The van der Waals surface area contributed by atoms with Crippen molar-refractivity contribution in [2.24, 2.45) is 0 Å². The van der Waals surface area contributed by atoms with Gasteiger partial charge in [0.15, 0.2) is 0 Å². The molecule has 0 saturated heterocycles. The molecular weight excluding hydrogens is 328 g/mol. The Balaban J connectivity index is 1.65. The summed E-state index contributed by atoms with van der Waals surface area (Å²) in [6, 6.07) is 15.6. The molecule has 5 nitrogen and oxygen atoms in total. The Kier molecular flexibility index (Phi) is 7.80. The quantitative estimate of drug-likeness (QED) is 0.673. The number of ether oxygens (including phenoxy) is 2. The molecule has 2 amide bonds. The molecule has 2 rings (SSSR count). The number of carbonyl (C=O) groups excluding carboxylic acids is 1. The Morgan fingerprint density at radius 3 is 2.58 bits per heavy atom. The summed E-state index contributed by atoms with van der Waals surface area (Å²) >= 11 is 0. The van der Waals surface area contributed by atoms with Gasteiger partial charge in [0, 0.05) is 6.54 Å². The van der Waals surface area contributed by atoms with Gasteiger partial charge in [-0.2, -0.15) is 0 Å². The van der Waals surface area contributed by atoms with Crippen molar-refractivity contribution in [3.05, 3.63) is 59.7 Å². The second-order valence-electron chi connectivity index (χ2n) is 6.33. The van der Waals surface area contributed by atoms with E-state index >= 15 is 0 Å². The van der Waals surface area contributed by atoms with Crippen molar-refractivity contribution in [1.82, 2.24) is 10.6 Å². The lowest BCUT2D eigenvalue weighted by Gasteiger charge is -2.14. The number of hydrogen-bond acceptors (Lipinski definition) is 3. The molecule has 0 atom stereocenters. The van der Waals surface area contributed by atoms with E-state index in [1.54, 1.807) is 7.11 Å². The Morgan fingerprint density at radius 1 is 1.04 bits per heavy atom. The van der Waals surface area contributed by atoms with Crippen molar-refractivity contribution in [3.8, 4) is 11.5 Å². The topological polar surface area (TPSA) is 59.6 Å². The van der Waals surface area contributed by atoms with Gasteiger partial charge in [-0.15, -0.1) is 0 Å². The zero-order valence-corrected chi connectivity index (χ0v) is 15.7. The molecule has 0 heterocycles. The fourth-order valence-corrected chi connectivity index (χ4v) is 2.63. The van der Waals surface area contributed by atoms with Gasteiger partial charge >= 0.3 is 6.03 Å². The lowest BCUT2D eigenvalue weighted by molar-refractivity contribution is 0.236. The largest absolute Gasteiger partial charge is 0.497 e. The minimum atomic E-state index is -0.186. The fourth-order valence-electron chi connectivity index (χ4n) is 2.63. The highest BCUT2D eigenvalue weighted by molar-refractivity contribution is 5.73. The van der Waals surface area contributed by atoms with Crippen molar-refractivity contribution in [3.63, 3.8) is 0 Å². The normalized spacial score (nSPS) is 10.5. The maximum atomic E-state index is 11.8.